The average molecular weight is 244 g/mol. The highest BCUT2D eigenvalue weighted by Gasteiger charge is 2.07. The molecule has 17 heavy (non-hydrogen) atoms. The van der Waals surface area contributed by atoms with Gasteiger partial charge in [-0.05, 0) is 20.3 Å². The summed E-state index contributed by atoms with van der Waals surface area (Å²) in [6.45, 7) is 6.95. The van der Waals surface area contributed by atoms with Crippen LogP contribution in [0.5, 0.6) is 0 Å². The monoisotopic (exact) mass is 244 g/mol. The number of hydrogen-bond acceptors (Lipinski definition) is 5. The van der Waals surface area contributed by atoms with Gasteiger partial charge in [-0.15, -0.1) is 0 Å². The van der Waals surface area contributed by atoms with Gasteiger partial charge < -0.3 is 14.2 Å². The van der Waals surface area contributed by atoms with Crippen molar-refractivity contribution < 1.29 is 14.2 Å². The van der Waals surface area contributed by atoms with E-state index in [-0.39, 0.29) is 6.04 Å². The second kappa shape index (κ2) is 11.8. The minimum Gasteiger partial charge on any atom is -0.382 e. The lowest BCUT2D eigenvalue weighted by atomic mass is 10.2. The lowest BCUT2D eigenvalue weighted by Gasteiger charge is -2.14. The molecular formula is C12H24N2O3. The zero-order chi connectivity index (χ0) is 12.9. The average Bonchev–Trinajstić information content (AvgIpc) is 2.30. The third-order valence-electron chi connectivity index (χ3n) is 2.05. The molecule has 0 aliphatic carbocycles. The Kier molecular flexibility index (Phi) is 11.3. The molecule has 0 rings (SSSR count). The minimum atomic E-state index is -0.135. The number of hydrogen-bond donors (Lipinski definition) is 1. The van der Waals surface area contributed by atoms with E-state index in [0.29, 0.717) is 45.5 Å². The molecule has 0 aromatic carbocycles. The van der Waals surface area contributed by atoms with Gasteiger partial charge in [0.1, 0.15) is 0 Å². The van der Waals surface area contributed by atoms with Gasteiger partial charge >= 0.3 is 0 Å². The van der Waals surface area contributed by atoms with Gasteiger partial charge in [0.15, 0.2) is 0 Å². The summed E-state index contributed by atoms with van der Waals surface area (Å²) in [5.74, 6) is 0. The highest BCUT2D eigenvalue weighted by molar-refractivity contribution is 4.90. The van der Waals surface area contributed by atoms with Crippen molar-refractivity contribution in [1.29, 1.82) is 5.26 Å². The number of nitrogens with one attached hydrogen (secondary N) is 1. The lowest BCUT2D eigenvalue weighted by molar-refractivity contribution is 0.0235. The van der Waals surface area contributed by atoms with E-state index in [4.69, 9.17) is 19.5 Å². The summed E-state index contributed by atoms with van der Waals surface area (Å²) < 4.78 is 15.5. The molecule has 0 fully saturated rings. The van der Waals surface area contributed by atoms with Crippen LogP contribution in [-0.2, 0) is 14.2 Å². The molecule has 5 heteroatoms. The van der Waals surface area contributed by atoms with Gasteiger partial charge in [-0.25, -0.2) is 0 Å². The molecule has 0 amide bonds. The number of nitrogens with zero attached hydrogens (tertiary/aromatic N) is 1. The molecule has 1 N–H and O–H groups in total. The molecule has 0 saturated carbocycles. The summed E-state index contributed by atoms with van der Waals surface area (Å²) in [5, 5.41) is 12.0. The number of nitriles is 1. The largest absolute Gasteiger partial charge is 0.382 e. The second-order valence-electron chi connectivity index (χ2n) is 4.01. The smallest absolute Gasteiger partial charge is 0.0976 e. The van der Waals surface area contributed by atoms with Crippen molar-refractivity contribution in [3.63, 3.8) is 0 Å². The van der Waals surface area contributed by atoms with Gasteiger partial charge in [-0.2, -0.15) is 5.26 Å². The molecular weight excluding hydrogens is 220 g/mol. The molecule has 1 atom stereocenters. The highest BCUT2D eigenvalue weighted by atomic mass is 16.5. The predicted molar refractivity (Wildman–Crippen MR) is 65.8 cm³/mol. The number of methoxy groups -OCH3 is 1. The van der Waals surface area contributed by atoms with Crippen LogP contribution in [0.25, 0.3) is 0 Å². The maximum atomic E-state index is 8.87. The molecule has 5 nitrogen and oxygen atoms in total. The quantitative estimate of drug-likeness (QED) is 0.548. The third kappa shape index (κ3) is 11.6. The Morgan fingerprint density at radius 2 is 1.65 bits per heavy atom. The summed E-state index contributed by atoms with van der Waals surface area (Å²) >= 11 is 0. The fourth-order valence-corrected chi connectivity index (χ4v) is 1.25. The first kappa shape index (κ1) is 16.3. The highest BCUT2D eigenvalue weighted by Crippen LogP contribution is 1.94. The molecule has 0 aromatic heterocycles. The van der Waals surface area contributed by atoms with Gasteiger partial charge in [0.25, 0.3) is 0 Å². The van der Waals surface area contributed by atoms with Gasteiger partial charge in [0, 0.05) is 19.8 Å². The van der Waals surface area contributed by atoms with Gasteiger partial charge in [0.2, 0.25) is 0 Å². The first-order valence-corrected chi connectivity index (χ1v) is 6.00. The molecule has 0 aromatic rings. The predicted octanol–water partition coefficient (Wildman–Crippen LogP) is 0.946. The van der Waals surface area contributed by atoms with Crippen molar-refractivity contribution in [1.82, 2.24) is 5.32 Å². The van der Waals surface area contributed by atoms with Gasteiger partial charge in [-0.3, -0.25) is 5.32 Å². The SMILES string of the molecule is COCCOCCOCCC(C#N)NC(C)C. The molecule has 0 heterocycles. The van der Waals surface area contributed by atoms with E-state index >= 15 is 0 Å². The van der Waals surface area contributed by atoms with Crippen LogP contribution in [0.15, 0.2) is 0 Å². The summed E-state index contributed by atoms with van der Waals surface area (Å²) in [4.78, 5) is 0. The topological polar surface area (TPSA) is 63.5 Å². The van der Waals surface area contributed by atoms with Crippen molar-refractivity contribution in [3.05, 3.63) is 0 Å². The van der Waals surface area contributed by atoms with Crippen LogP contribution in [0.4, 0.5) is 0 Å². The van der Waals surface area contributed by atoms with Crippen LogP contribution in [0.2, 0.25) is 0 Å². The summed E-state index contributed by atoms with van der Waals surface area (Å²) in [6.07, 6.45) is 0.701. The van der Waals surface area contributed by atoms with Crippen molar-refractivity contribution in [2.45, 2.75) is 32.4 Å². The van der Waals surface area contributed by atoms with E-state index in [9.17, 15) is 0 Å². The van der Waals surface area contributed by atoms with E-state index < -0.39 is 0 Å². The van der Waals surface area contributed by atoms with E-state index in [1.54, 1.807) is 7.11 Å². The standard InChI is InChI=1S/C12H24N2O3/c1-11(2)14-12(10-13)4-5-16-8-9-17-7-6-15-3/h11-12,14H,4-9H2,1-3H3. The van der Waals surface area contributed by atoms with Crippen molar-refractivity contribution >= 4 is 0 Å². The van der Waals surface area contributed by atoms with Gasteiger partial charge in [0.05, 0.1) is 38.5 Å². The molecule has 0 aliphatic heterocycles. The fourth-order valence-electron chi connectivity index (χ4n) is 1.25. The van der Waals surface area contributed by atoms with Gasteiger partial charge in [-0.1, -0.05) is 0 Å². The Morgan fingerprint density at radius 1 is 1.06 bits per heavy atom. The normalized spacial score (nSPS) is 12.6. The molecule has 0 bridgehead atoms. The molecule has 0 aliphatic rings. The zero-order valence-corrected chi connectivity index (χ0v) is 11.1. The number of rotatable bonds is 11. The first-order valence-electron chi connectivity index (χ1n) is 6.00. The van der Waals surface area contributed by atoms with E-state index in [0.717, 1.165) is 0 Å². The molecule has 0 radical (unpaired) electrons. The minimum absolute atomic E-state index is 0.135. The van der Waals surface area contributed by atoms with Crippen molar-refractivity contribution in [2.75, 3.05) is 40.1 Å². The first-order chi connectivity index (χ1) is 8.20. The Labute approximate surface area is 104 Å². The second-order valence-corrected chi connectivity index (χ2v) is 4.01. The zero-order valence-electron chi connectivity index (χ0n) is 11.1. The van der Waals surface area contributed by atoms with Crippen LogP contribution in [0.3, 0.4) is 0 Å². The molecule has 1 unspecified atom stereocenters. The molecule has 0 spiro atoms. The maximum absolute atomic E-state index is 8.87. The van der Waals surface area contributed by atoms with Crippen LogP contribution < -0.4 is 5.32 Å². The Bertz CT molecular complexity index is 204. The van der Waals surface area contributed by atoms with Crippen molar-refractivity contribution in [2.24, 2.45) is 0 Å². The van der Waals surface area contributed by atoms with Crippen LogP contribution >= 0.6 is 0 Å². The van der Waals surface area contributed by atoms with Crippen LogP contribution in [-0.4, -0.2) is 52.2 Å². The maximum Gasteiger partial charge on any atom is 0.0976 e. The van der Waals surface area contributed by atoms with Crippen LogP contribution in [0, 0.1) is 11.3 Å². The van der Waals surface area contributed by atoms with Crippen LogP contribution in [0.1, 0.15) is 20.3 Å². The molecule has 0 saturated heterocycles. The van der Waals surface area contributed by atoms with E-state index in [2.05, 4.69) is 11.4 Å². The summed E-state index contributed by atoms with van der Waals surface area (Å²) in [6, 6.07) is 2.40. The summed E-state index contributed by atoms with van der Waals surface area (Å²) in [5.41, 5.74) is 0. The Balaban J connectivity index is 3.29. The van der Waals surface area contributed by atoms with E-state index in [1.807, 2.05) is 13.8 Å². The van der Waals surface area contributed by atoms with E-state index in [1.165, 1.54) is 0 Å². The Morgan fingerprint density at radius 3 is 2.18 bits per heavy atom. The summed E-state index contributed by atoms with van der Waals surface area (Å²) in [7, 11) is 1.64. The van der Waals surface area contributed by atoms with Crippen molar-refractivity contribution in [3.8, 4) is 6.07 Å². The molecule has 100 valence electrons. The fraction of sp³-hybridized carbons (Fsp3) is 0.917. The lowest BCUT2D eigenvalue weighted by Crippen LogP contribution is -2.34. The third-order valence-corrected chi connectivity index (χ3v) is 2.05. The Hall–Kier alpha value is -0.670. The number of ether oxygens (including phenoxy) is 3.